The van der Waals surface area contributed by atoms with E-state index in [2.05, 4.69) is 5.32 Å². The van der Waals surface area contributed by atoms with E-state index in [4.69, 9.17) is 5.26 Å². The second-order valence-electron chi connectivity index (χ2n) is 4.37. The monoisotopic (exact) mass is 279 g/mol. The molecular weight excluding hydrogens is 266 g/mol. The van der Waals surface area contributed by atoms with Crippen molar-refractivity contribution in [1.29, 1.82) is 5.26 Å². The van der Waals surface area contributed by atoms with E-state index >= 15 is 0 Å². The lowest BCUT2D eigenvalue weighted by molar-refractivity contribution is -0.384. The number of hydrogen-bond donors (Lipinski definition) is 1. The Morgan fingerprint density at radius 3 is 2.68 bits per heavy atom. The average molecular weight is 279 g/mol. The molecule has 1 aromatic rings. The normalized spacial score (nSPS) is 22.5. The molecule has 0 saturated carbocycles. The van der Waals surface area contributed by atoms with E-state index in [-0.39, 0.29) is 17.3 Å². The second kappa shape index (κ2) is 5.80. The molecule has 6 nitrogen and oxygen atoms in total. The quantitative estimate of drug-likeness (QED) is 0.672. The Hall–Kier alpha value is -1.94. The van der Waals surface area contributed by atoms with Gasteiger partial charge < -0.3 is 5.32 Å². The number of rotatable bonds is 3. The number of nitrogens with one attached hydrogen (secondary N) is 1. The molecule has 0 atom stereocenters. The third-order valence-electron chi connectivity index (χ3n) is 3.07. The zero-order chi connectivity index (χ0) is 13.8. The second-order valence-corrected chi connectivity index (χ2v) is 6.06. The molecule has 1 saturated heterocycles. The van der Waals surface area contributed by atoms with Crippen molar-refractivity contribution in [2.75, 3.05) is 16.8 Å². The number of benzene rings is 1. The first-order chi connectivity index (χ1) is 9.10. The first-order valence-electron chi connectivity index (χ1n) is 5.90. The maximum Gasteiger partial charge on any atom is 0.293 e. The Morgan fingerprint density at radius 2 is 2.11 bits per heavy atom. The molecular formula is C12H13N3O3S. The maximum atomic E-state index is 11.3. The molecule has 0 radical (unpaired) electrons. The molecule has 1 N–H and O–H groups in total. The molecule has 7 heteroatoms. The highest BCUT2D eigenvalue weighted by Gasteiger charge is 2.21. The van der Waals surface area contributed by atoms with Crippen molar-refractivity contribution in [1.82, 2.24) is 0 Å². The van der Waals surface area contributed by atoms with Gasteiger partial charge >= 0.3 is 0 Å². The van der Waals surface area contributed by atoms with E-state index in [1.54, 1.807) is 12.1 Å². The largest absolute Gasteiger partial charge is 0.377 e. The summed E-state index contributed by atoms with van der Waals surface area (Å²) in [6.45, 7) is 0. The van der Waals surface area contributed by atoms with Crippen molar-refractivity contribution >= 4 is 22.2 Å². The average Bonchev–Trinajstić information content (AvgIpc) is 2.41. The number of hydrogen-bond acceptors (Lipinski definition) is 5. The van der Waals surface area contributed by atoms with E-state index in [0.717, 1.165) is 12.8 Å². The number of nitro groups is 1. The molecule has 0 aliphatic carbocycles. The predicted molar refractivity (Wildman–Crippen MR) is 72.3 cm³/mol. The highest BCUT2D eigenvalue weighted by Crippen LogP contribution is 2.27. The molecule has 0 spiro atoms. The number of nitrogens with zero attached hydrogens (tertiary/aromatic N) is 2. The Morgan fingerprint density at radius 1 is 1.42 bits per heavy atom. The molecule has 100 valence electrons. The standard InChI is InChI=1S/C12H13N3O3S/c13-8-9-1-2-11(12(7-9)15(16)17)14-10-3-5-19(18)6-4-10/h1-2,7,10,14H,3-6H2. The van der Waals surface area contributed by atoms with Gasteiger partial charge in [0.25, 0.3) is 5.69 Å². The molecule has 2 rings (SSSR count). The minimum absolute atomic E-state index is 0.0919. The van der Waals surface area contributed by atoms with E-state index in [0.29, 0.717) is 17.2 Å². The lowest BCUT2D eigenvalue weighted by atomic mass is 10.1. The molecule has 1 fully saturated rings. The van der Waals surface area contributed by atoms with Gasteiger partial charge in [0.15, 0.2) is 0 Å². The summed E-state index contributed by atoms with van der Waals surface area (Å²) in [5.74, 6) is 1.25. The summed E-state index contributed by atoms with van der Waals surface area (Å²) < 4.78 is 11.3. The fourth-order valence-electron chi connectivity index (χ4n) is 2.03. The van der Waals surface area contributed by atoms with Crippen LogP contribution in [0.15, 0.2) is 18.2 Å². The smallest absolute Gasteiger partial charge is 0.293 e. The van der Waals surface area contributed by atoms with Gasteiger partial charge in [0.05, 0.1) is 16.6 Å². The zero-order valence-corrected chi connectivity index (χ0v) is 11.0. The van der Waals surface area contributed by atoms with Crippen LogP contribution in [0.4, 0.5) is 11.4 Å². The van der Waals surface area contributed by atoms with Crippen molar-refractivity contribution in [3.8, 4) is 6.07 Å². The van der Waals surface area contributed by atoms with Crippen LogP contribution in [0.1, 0.15) is 18.4 Å². The van der Waals surface area contributed by atoms with Crippen LogP contribution in [0, 0.1) is 21.4 Å². The molecule has 1 aromatic carbocycles. The van der Waals surface area contributed by atoms with Gasteiger partial charge in [-0.15, -0.1) is 0 Å². The van der Waals surface area contributed by atoms with Gasteiger partial charge in [-0.25, -0.2) is 0 Å². The fraction of sp³-hybridized carbons (Fsp3) is 0.417. The minimum Gasteiger partial charge on any atom is -0.377 e. The van der Waals surface area contributed by atoms with Crippen molar-refractivity contribution in [2.24, 2.45) is 0 Å². The van der Waals surface area contributed by atoms with Gasteiger partial charge in [-0.2, -0.15) is 5.26 Å². The van der Waals surface area contributed by atoms with Crippen LogP contribution in [0.25, 0.3) is 0 Å². The van der Waals surface area contributed by atoms with E-state index in [1.165, 1.54) is 6.07 Å². The molecule has 1 aliphatic heterocycles. The molecule has 1 heterocycles. The molecule has 1 aliphatic rings. The van der Waals surface area contributed by atoms with Crippen LogP contribution in [-0.4, -0.2) is 26.7 Å². The Kier molecular flexibility index (Phi) is 4.12. The lowest BCUT2D eigenvalue weighted by Crippen LogP contribution is -2.29. The van der Waals surface area contributed by atoms with Gasteiger partial charge in [-0.05, 0) is 25.0 Å². The van der Waals surface area contributed by atoms with Crippen LogP contribution in [0.2, 0.25) is 0 Å². The van der Waals surface area contributed by atoms with Gasteiger partial charge in [-0.1, -0.05) is 0 Å². The van der Waals surface area contributed by atoms with Crippen LogP contribution in [0.3, 0.4) is 0 Å². The van der Waals surface area contributed by atoms with Crippen LogP contribution in [-0.2, 0) is 10.8 Å². The number of nitro benzene ring substituents is 1. The molecule has 19 heavy (non-hydrogen) atoms. The van der Waals surface area contributed by atoms with Crippen molar-refractivity contribution in [3.63, 3.8) is 0 Å². The summed E-state index contributed by atoms with van der Waals surface area (Å²) in [4.78, 5) is 10.5. The van der Waals surface area contributed by atoms with E-state index in [1.807, 2.05) is 6.07 Å². The topological polar surface area (TPSA) is 96.0 Å². The van der Waals surface area contributed by atoms with Crippen LogP contribution >= 0.6 is 0 Å². The third kappa shape index (κ3) is 3.29. The number of anilines is 1. The van der Waals surface area contributed by atoms with Crippen molar-refractivity contribution in [2.45, 2.75) is 18.9 Å². The first kappa shape index (κ1) is 13.5. The maximum absolute atomic E-state index is 11.3. The predicted octanol–water partition coefficient (Wildman–Crippen LogP) is 1.79. The molecule has 0 unspecified atom stereocenters. The minimum atomic E-state index is -0.755. The molecule has 0 bridgehead atoms. The van der Waals surface area contributed by atoms with Gasteiger partial charge in [0.2, 0.25) is 0 Å². The van der Waals surface area contributed by atoms with E-state index < -0.39 is 15.7 Å². The third-order valence-corrected chi connectivity index (χ3v) is 4.45. The number of nitriles is 1. The molecule has 0 amide bonds. The summed E-state index contributed by atoms with van der Waals surface area (Å²) in [6.07, 6.45) is 1.48. The van der Waals surface area contributed by atoms with Crippen molar-refractivity contribution in [3.05, 3.63) is 33.9 Å². The Bertz CT molecular complexity index is 558. The first-order valence-corrected chi connectivity index (χ1v) is 7.39. The van der Waals surface area contributed by atoms with Gasteiger partial charge in [-0.3, -0.25) is 14.3 Å². The van der Waals surface area contributed by atoms with Crippen LogP contribution < -0.4 is 5.32 Å². The lowest BCUT2D eigenvalue weighted by Gasteiger charge is -2.23. The Balaban J connectivity index is 2.18. The zero-order valence-electron chi connectivity index (χ0n) is 10.2. The van der Waals surface area contributed by atoms with Crippen LogP contribution in [0.5, 0.6) is 0 Å². The van der Waals surface area contributed by atoms with Crippen molar-refractivity contribution < 1.29 is 9.13 Å². The molecule has 0 aromatic heterocycles. The van der Waals surface area contributed by atoms with Gasteiger partial charge in [0, 0.05) is 34.4 Å². The van der Waals surface area contributed by atoms with E-state index in [9.17, 15) is 14.3 Å². The summed E-state index contributed by atoms with van der Waals surface area (Å²) >= 11 is 0. The summed E-state index contributed by atoms with van der Waals surface area (Å²) in [5.41, 5.74) is 0.592. The Labute approximate surface area is 113 Å². The SMILES string of the molecule is N#Cc1ccc(NC2CCS(=O)CC2)c([N+](=O)[O-])c1. The van der Waals surface area contributed by atoms with Gasteiger partial charge in [0.1, 0.15) is 5.69 Å². The highest BCUT2D eigenvalue weighted by molar-refractivity contribution is 7.85. The highest BCUT2D eigenvalue weighted by atomic mass is 32.2. The fourth-order valence-corrected chi connectivity index (χ4v) is 3.33. The summed E-state index contributed by atoms with van der Waals surface area (Å²) in [7, 11) is -0.755. The summed E-state index contributed by atoms with van der Waals surface area (Å²) in [5, 5.41) is 22.9. The summed E-state index contributed by atoms with van der Waals surface area (Å²) in [6, 6.07) is 6.36.